The van der Waals surface area contributed by atoms with E-state index in [0.717, 1.165) is 23.0 Å². The van der Waals surface area contributed by atoms with E-state index in [2.05, 4.69) is 10.6 Å². The molecule has 0 spiro atoms. The average Bonchev–Trinajstić information content (AvgIpc) is 2.86. The molecule has 4 saturated carbocycles. The number of ether oxygens (including phenoxy) is 1. The molecule has 36 heavy (non-hydrogen) atoms. The first kappa shape index (κ1) is 24.3. The van der Waals surface area contributed by atoms with E-state index in [1.807, 2.05) is 36.4 Å². The number of nitrogen functional groups attached to an aromatic ring is 1. The number of hydrogen-bond donors (Lipinski definition) is 4. The van der Waals surface area contributed by atoms with E-state index in [4.69, 9.17) is 15.9 Å². The third-order valence-electron chi connectivity index (χ3n) is 8.27. The second kappa shape index (κ2) is 10.7. The van der Waals surface area contributed by atoms with Gasteiger partial charge in [-0.2, -0.15) is 0 Å². The second-order valence-electron chi connectivity index (χ2n) is 10.8. The Hall–Kier alpha value is -3.35. The van der Waals surface area contributed by atoms with Crippen LogP contribution in [0.3, 0.4) is 0 Å². The van der Waals surface area contributed by atoms with Gasteiger partial charge in [-0.25, -0.2) is 9.59 Å². The van der Waals surface area contributed by atoms with Gasteiger partial charge in [0.1, 0.15) is 11.9 Å². The molecule has 2 aromatic rings. The molecule has 1 unspecified atom stereocenters. The third kappa shape index (κ3) is 5.72. The largest absolute Gasteiger partial charge is 0.464 e. The molecule has 0 saturated heterocycles. The highest BCUT2D eigenvalue weighted by Gasteiger charge is 2.48. The molecule has 0 aliphatic heterocycles. The van der Waals surface area contributed by atoms with E-state index in [9.17, 15) is 9.59 Å². The monoisotopic (exact) mass is 488 g/mol. The molecule has 0 aromatic heterocycles. The van der Waals surface area contributed by atoms with Gasteiger partial charge in [0.2, 0.25) is 0 Å². The molecular weight excluding hydrogens is 452 g/mol. The van der Waals surface area contributed by atoms with Crippen molar-refractivity contribution < 1.29 is 14.3 Å². The highest BCUT2D eigenvalue weighted by atomic mass is 16.5. The van der Waals surface area contributed by atoms with E-state index >= 15 is 0 Å². The molecule has 0 radical (unpaired) electrons. The number of urea groups is 1. The fourth-order valence-electron chi connectivity index (χ4n) is 6.82. The molecule has 5 N–H and O–H groups in total. The topological polar surface area (TPSA) is 117 Å². The minimum atomic E-state index is -0.834. The first-order valence-electron chi connectivity index (χ1n) is 13.2. The van der Waals surface area contributed by atoms with Crippen LogP contribution in [0.15, 0.2) is 54.6 Å². The van der Waals surface area contributed by atoms with Crippen molar-refractivity contribution in [3.63, 3.8) is 0 Å². The number of nitrogens with two attached hydrogens (primary N) is 1. The van der Waals surface area contributed by atoms with E-state index in [-0.39, 0.29) is 30.9 Å². The van der Waals surface area contributed by atoms with E-state index in [1.54, 1.807) is 18.2 Å². The maximum absolute atomic E-state index is 13.1. The van der Waals surface area contributed by atoms with Crippen LogP contribution in [-0.4, -0.2) is 36.5 Å². The first-order chi connectivity index (χ1) is 17.4. The molecule has 190 valence electrons. The van der Waals surface area contributed by atoms with Crippen LogP contribution in [0.1, 0.15) is 48.8 Å². The zero-order chi connectivity index (χ0) is 25.1. The van der Waals surface area contributed by atoms with Crippen molar-refractivity contribution in [3.8, 4) is 0 Å². The molecule has 6 rings (SSSR count). The maximum atomic E-state index is 13.1. The van der Waals surface area contributed by atoms with Gasteiger partial charge < -0.3 is 21.1 Å². The normalized spacial score (nSPS) is 26.7. The summed E-state index contributed by atoms with van der Waals surface area (Å²) in [4.78, 5) is 26.2. The molecule has 4 aliphatic rings. The number of rotatable bonds is 9. The number of carbonyl (C=O) groups excluding carboxylic acids is 2. The summed E-state index contributed by atoms with van der Waals surface area (Å²) < 4.78 is 5.59. The number of carbonyl (C=O) groups is 2. The van der Waals surface area contributed by atoms with Crippen LogP contribution in [0.4, 0.5) is 4.79 Å². The number of esters is 1. The zero-order valence-electron chi connectivity index (χ0n) is 20.6. The van der Waals surface area contributed by atoms with Gasteiger partial charge in [0, 0.05) is 24.4 Å². The molecular formula is C29H36N4O3. The summed E-state index contributed by atoms with van der Waals surface area (Å²) in [7, 11) is 0. The first-order valence-corrected chi connectivity index (χ1v) is 13.2. The van der Waals surface area contributed by atoms with Crippen molar-refractivity contribution in [2.75, 3.05) is 6.61 Å². The molecule has 0 heterocycles. The standard InChI is InChI=1S/C29H36N4O3/c30-27(31)22-8-4-7-19(12-22)17-25(28(34)36-10-9-18-5-2-1-3-6-18)32-29(35)33-26-23-13-20-11-21(15-23)16-24(26)14-20/h1-8,12,20-21,23-26H,9-11,13-17H2,(H3,30,31)(H2,32,33,35). The van der Waals surface area contributed by atoms with Crippen molar-refractivity contribution in [3.05, 3.63) is 71.3 Å². The summed E-state index contributed by atoms with van der Waals surface area (Å²) in [5, 5.41) is 13.9. The van der Waals surface area contributed by atoms with Gasteiger partial charge in [-0.15, -0.1) is 0 Å². The van der Waals surface area contributed by atoms with Gasteiger partial charge in [0.15, 0.2) is 0 Å². The number of benzene rings is 2. The fourth-order valence-corrected chi connectivity index (χ4v) is 6.82. The van der Waals surface area contributed by atoms with E-state index in [1.165, 1.54) is 32.1 Å². The Balaban J connectivity index is 1.23. The summed E-state index contributed by atoms with van der Waals surface area (Å²) in [5.41, 5.74) is 8.13. The summed E-state index contributed by atoms with van der Waals surface area (Å²) in [6.45, 7) is 0.242. The van der Waals surface area contributed by atoms with Gasteiger partial charge >= 0.3 is 12.0 Å². The van der Waals surface area contributed by atoms with Gasteiger partial charge in [0.05, 0.1) is 6.61 Å². The Morgan fingerprint density at radius 1 is 0.944 bits per heavy atom. The van der Waals surface area contributed by atoms with E-state index < -0.39 is 12.0 Å². The van der Waals surface area contributed by atoms with Crippen molar-refractivity contribution >= 4 is 17.8 Å². The minimum Gasteiger partial charge on any atom is -0.464 e. The average molecular weight is 489 g/mol. The van der Waals surface area contributed by atoms with E-state index in [0.29, 0.717) is 23.8 Å². The summed E-state index contributed by atoms with van der Waals surface area (Å²) in [5.74, 6) is 2.26. The second-order valence-corrected chi connectivity index (χ2v) is 10.8. The predicted molar refractivity (Wildman–Crippen MR) is 139 cm³/mol. The number of amides is 2. The van der Waals surface area contributed by atoms with Crippen molar-refractivity contribution in [2.45, 2.75) is 57.0 Å². The van der Waals surface area contributed by atoms with Gasteiger partial charge in [-0.1, -0.05) is 48.5 Å². The Kier molecular flexibility index (Phi) is 7.25. The van der Waals surface area contributed by atoms with Crippen LogP contribution in [0, 0.1) is 29.1 Å². The fraction of sp³-hybridized carbons (Fsp3) is 0.483. The van der Waals surface area contributed by atoms with Crippen LogP contribution >= 0.6 is 0 Å². The Bertz CT molecular complexity index is 1070. The molecule has 1 atom stereocenters. The van der Waals surface area contributed by atoms with Crippen molar-refractivity contribution in [1.29, 1.82) is 5.41 Å². The van der Waals surface area contributed by atoms with Crippen LogP contribution in [0.25, 0.3) is 0 Å². The van der Waals surface area contributed by atoms with Gasteiger partial charge in [-0.3, -0.25) is 5.41 Å². The smallest absolute Gasteiger partial charge is 0.329 e. The number of nitrogens with one attached hydrogen (secondary N) is 3. The summed E-state index contributed by atoms with van der Waals surface area (Å²) in [6.07, 6.45) is 7.07. The van der Waals surface area contributed by atoms with Crippen molar-refractivity contribution in [2.24, 2.45) is 29.4 Å². The molecule has 7 heteroatoms. The predicted octanol–water partition coefficient (Wildman–Crippen LogP) is 3.79. The SMILES string of the molecule is N=C(N)c1cccc(CC(NC(=O)NC2C3CC4CC(C3)CC2C4)C(=O)OCCc2ccccc2)c1. The van der Waals surface area contributed by atoms with Gasteiger partial charge in [-0.05, 0) is 73.0 Å². The summed E-state index contributed by atoms with van der Waals surface area (Å²) in [6, 6.07) is 16.1. The molecule has 2 aromatic carbocycles. The highest BCUT2D eigenvalue weighted by Crippen LogP contribution is 2.53. The lowest BCUT2D eigenvalue weighted by molar-refractivity contribution is -0.145. The lowest BCUT2D eigenvalue weighted by Gasteiger charge is -2.54. The lowest BCUT2D eigenvalue weighted by Crippen LogP contribution is -2.59. The number of hydrogen-bond acceptors (Lipinski definition) is 4. The Morgan fingerprint density at radius 3 is 2.28 bits per heavy atom. The Labute approximate surface area is 212 Å². The maximum Gasteiger partial charge on any atom is 0.329 e. The van der Waals surface area contributed by atoms with Crippen molar-refractivity contribution in [1.82, 2.24) is 10.6 Å². The quantitative estimate of drug-likeness (QED) is 0.244. The van der Waals surface area contributed by atoms with Crippen LogP contribution in [0.2, 0.25) is 0 Å². The molecule has 7 nitrogen and oxygen atoms in total. The third-order valence-corrected chi connectivity index (χ3v) is 8.27. The molecule has 4 bridgehead atoms. The molecule has 2 amide bonds. The van der Waals surface area contributed by atoms with Gasteiger partial charge in [0.25, 0.3) is 0 Å². The van der Waals surface area contributed by atoms with Crippen LogP contribution < -0.4 is 16.4 Å². The number of amidine groups is 1. The zero-order valence-corrected chi connectivity index (χ0v) is 20.6. The Morgan fingerprint density at radius 2 is 1.61 bits per heavy atom. The lowest BCUT2D eigenvalue weighted by atomic mass is 9.54. The minimum absolute atomic E-state index is 0.0357. The van der Waals surface area contributed by atoms with Crippen LogP contribution in [-0.2, 0) is 22.4 Å². The van der Waals surface area contributed by atoms with Crippen LogP contribution in [0.5, 0.6) is 0 Å². The highest BCUT2D eigenvalue weighted by molar-refractivity contribution is 5.95. The molecule has 4 aliphatic carbocycles. The summed E-state index contributed by atoms with van der Waals surface area (Å²) >= 11 is 0. The molecule has 4 fully saturated rings.